The highest BCUT2D eigenvalue weighted by atomic mass is 16.6. The SMILES string of the molecule is CCCCCCCCCCCCCCCC(=O)Oc1c(OC)cc(-c2c3nc(c(-c4cc(OC)c(O)c(OC)c4)c4ccc([nH]4)c(-c4cc(OC)c(O)c(OC)c4)c4nc(c(-c5cc(OC)c(O)c(OC)c5)c5ccc2[nH]5)C=C4)C=C3)cc1OC. The van der Waals surface area contributed by atoms with Crippen LogP contribution in [0.1, 0.15) is 120 Å². The van der Waals surface area contributed by atoms with E-state index in [0.29, 0.717) is 95.8 Å². The fourth-order valence-corrected chi connectivity index (χ4v) is 11.1. The van der Waals surface area contributed by atoms with E-state index in [1.165, 1.54) is 115 Å². The van der Waals surface area contributed by atoms with Crippen molar-refractivity contribution in [2.75, 3.05) is 56.9 Å². The van der Waals surface area contributed by atoms with Crippen LogP contribution in [-0.2, 0) is 4.79 Å². The van der Waals surface area contributed by atoms with E-state index in [4.69, 9.17) is 52.6 Å². The van der Waals surface area contributed by atoms with Gasteiger partial charge in [-0.05, 0) is 126 Å². The molecule has 0 fully saturated rings. The van der Waals surface area contributed by atoms with Gasteiger partial charge in [-0.1, -0.05) is 84.0 Å². The van der Waals surface area contributed by atoms with E-state index in [-0.39, 0.29) is 81.4 Å². The van der Waals surface area contributed by atoms with Crippen molar-refractivity contribution in [1.82, 2.24) is 19.9 Å². The summed E-state index contributed by atoms with van der Waals surface area (Å²) in [5.41, 5.74) is 9.31. The predicted molar refractivity (Wildman–Crippen MR) is 334 cm³/mol. The second-order valence-corrected chi connectivity index (χ2v) is 20.9. The Morgan fingerprint density at radius 3 is 0.882 bits per heavy atom. The maximum atomic E-state index is 13.6. The average Bonchev–Trinajstić information content (AvgIpc) is 3.33. The third-order valence-corrected chi connectivity index (χ3v) is 15.5. The van der Waals surface area contributed by atoms with Crippen LogP contribution in [0.25, 0.3) is 90.9 Å². The van der Waals surface area contributed by atoms with Gasteiger partial charge in [-0.25, -0.2) is 9.97 Å². The normalized spacial score (nSPS) is 11.6. The first-order valence-electron chi connectivity index (χ1n) is 28.9. The van der Waals surface area contributed by atoms with E-state index in [0.717, 1.165) is 19.3 Å². The molecule has 17 nitrogen and oxygen atoms in total. The van der Waals surface area contributed by atoms with Crippen LogP contribution in [0.5, 0.6) is 69.0 Å². The standard InChI is InChI=1S/C68H76N4O13/c1-10-11-12-13-14-15-16-17-18-19-20-21-22-23-60(73)85-68-58(83-8)38-43(39-59(68)84-9)64-50-30-28-48(71-50)62(41-34-54(79-4)66(75)55(35-41)80-5)46-26-24-44(69-46)61(40-32-52(77-2)65(74)53(33-40)78-3)45-25-27-47(70-45)63(49-29-31-51(64)72-49)42-36-56(81-6)67(76)57(37-42)82-7/h24-39,69,72,74-76H,10-23H2,1-9H3. The molecule has 0 saturated heterocycles. The zero-order valence-electron chi connectivity index (χ0n) is 50.0. The van der Waals surface area contributed by atoms with E-state index >= 15 is 0 Å². The number of methoxy groups -OCH3 is 8. The van der Waals surface area contributed by atoms with Crippen LogP contribution in [0.15, 0.2) is 72.8 Å². The number of unbranched alkanes of at least 4 members (excludes halogenated alkanes) is 12. The lowest BCUT2D eigenvalue weighted by atomic mass is 10.0. The van der Waals surface area contributed by atoms with Crippen LogP contribution in [0.4, 0.5) is 0 Å². The molecule has 0 atom stereocenters. The molecule has 0 unspecified atom stereocenters. The smallest absolute Gasteiger partial charge is 0.311 e. The number of benzene rings is 4. The van der Waals surface area contributed by atoms with Crippen molar-refractivity contribution in [1.29, 1.82) is 0 Å². The Morgan fingerprint density at radius 1 is 0.376 bits per heavy atom. The van der Waals surface area contributed by atoms with Gasteiger partial charge < -0.3 is 67.9 Å². The third kappa shape index (κ3) is 13.1. The van der Waals surface area contributed by atoms with Crippen LogP contribution in [0, 0.1) is 0 Å². The van der Waals surface area contributed by atoms with Gasteiger partial charge in [0.15, 0.2) is 46.0 Å². The van der Waals surface area contributed by atoms with E-state index in [1.807, 2.05) is 48.6 Å². The molecule has 4 aromatic carbocycles. The molecule has 9 rings (SSSR count). The molecule has 0 radical (unpaired) electrons. The molecule has 446 valence electrons. The van der Waals surface area contributed by atoms with Crippen LogP contribution in [0.3, 0.4) is 0 Å². The molecule has 2 aliphatic rings. The van der Waals surface area contributed by atoms with Crippen molar-refractivity contribution in [3.63, 3.8) is 0 Å². The van der Waals surface area contributed by atoms with Crippen molar-refractivity contribution < 1.29 is 62.7 Å². The summed E-state index contributed by atoms with van der Waals surface area (Å²) in [6, 6.07) is 21.6. The number of esters is 1. The molecule has 2 aliphatic heterocycles. The summed E-state index contributed by atoms with van der Waals surface area (Å²) >= 11 is 0. The number of nitrogens with zero attached hydrogens (tertiary/aromatic N) is 2. The summed E-state index contributed by atoms with van der Waals surface area (Å²) < 4.78 is 52.3. The molecule has 0 aliphatic carbocycles. The molecule has 0 saturated carbocycles. The van der Waals surface area contributed by atoms with Crippen LogP contribution in [0.2, 0.25) is 0 Å². The number of nitrogens with one attached hydrogen (secondary N) is 2. The number of hydrogen-bond donors (Lipinski definition) is 5. The predicted octanol–water partition coefficient (Wildman–Crippen LogP) is 15.9. The number of hydrogen-bond acceptors (Lipinski definition) is 15. The molecule has 8 bridgehead atoms. The number of ether oxygens (including phenoxy) is 9. The van der Waals surface area contributed by atoms with Crippen molar-refractivity contribution in [3.8, 4) is 114 Å². The minimum absolute atomic E-state index is 0.156. The second kappa shape index (κ2) is 27.9. The number of carbonyl (C=O) groups excluding carboxylic acids is 1. The topological polar surface area (TPSA) is 218 Å². The van der Waals surface area contributed by atoms with Gasteiger partial charge in [-0.2, -0.15) is 0 Å². The van der Waals surface area contributed by atoms with Crippen LogP contribution in [-0.4, -0.2) is 98.1 Å². The maximum Gasteiger partial charge on any atom is 0.311 e. The summed E-state index contributed by atoms with van der Waals surface area (Å²) in [6.07, 6.45) is 23.4. The Balaban J connectivity index is 1.24. The highest BCUT2D eigenvalue weighted by Gasteiger charge is 2.26. The van der Waals surface area contributed by atoms with Crippen molar-refractivity contribution in [3.05, 3.63) is 95.6 Å². The monoisotopic (exact) mass is 1160 g/mol. The van der Waals surface area contributed by atoms with Crippen LogP contribution < -0.4 is 42.6 Å². The van der Waals surface area contributed by atoms with Gasteiger partial charge in [-0.15, -0.1) is 0 Å². The first-order valence-corrected chi connectivity index (χ1v) is 28.9. The first-order chi connectivity index (χ1) is 41.4. The number of aromatic amines is 2. The number of H-pyrrole nitrogens is 2. The lowest BCUT2D eigenvalue weighted by Gasteiger charge is -2.16. The summed E-state index contributed by atoms with van der Waals surface area (Å²) in [5, 5.41) is 33.5. The minimum Gasteiger partial charge on any atom is -0.502 e. The number of aromatic nitrogens is 4. The molecule has 5 heterocycles. The van der Waals surface area contributed by atoms with Gasteiger partial charge in [-0.3, -0.25) is 4.79 Å². The largest absolute Gasteiger partial charge is 0.502 e. The summed E-state index contributed by atoms with van der Waals surface area (Å²) in [7, 11) is 11.8. The number of fused-ring (bicyclic) bond motifs is 8. The molecule has 7 aromatic rings. The summed E-state index contributed by atoms with van der Waals surface area (Å²) in [6.45, 7) is 2.25. The van der Waals surface area contributed by atoms with Gasteiger partial charge in [0.1, 0.15) is 0 Å². The van der Waals surface area contributed by atoms with Gasteiger partial charge in [0.25, 0.3) is 0 Å². The average molecular weight is 1160 g/mol. The van der Waals surface area contributed by atoms with Crippen molar-refractivity contribution in [2.24, 2.45) is 0 Å². The molecule has 17 heteroatoms. The fraction of sp³-hybridized carbons (Fsp3) is 0.338. The number of phenolic OH excluding ortho intramolecular Hbond substituents is 3. The van der Waals surface area contributed by atoms with Gasteiger partial charge >= 0.3 is 5.97 Å². The Hall–Kier alpha value is -9.25. The molecule has 0 spiro atoms. The maximum absolute atomic E-state index is 13.6. The highest BCUT2D eigenvalue weighted by Crippen LogP contribution is 2.49. The lowest BCUT2D eigenvalue weighted by molar-refractivity contribution is -0.134. The van der Waals surface area contributed by atoms with Gasteiger partial charge in [0.2, 0.25) is 23.0 Å². The van der Waals surface area contributed by atoms with Gasteiger partial charge in [0.05, 0.1) is 79.7 Å². The molecule has 85 heavy (non-hydrogen) atoms. The zero-order chi connectivity index (χ0) is 60.1. The van der Waals surface area contributed by atoms with Gasteiger partial charge in [0, 0.05) is 50.7 Å². The summed E-state index contributed by atoms with van der Waals surface area (Å²) in [4.78, 5) is 31.8. The van der Waals surface area contributed by atoms with E-state index in [9.17, 15) is 20.1 Å². The number of phenols is 3. The fourth-order valence-electron chi connectivity index (χ4n) is 11.1. The molecular weight excluding hydrogens is 1080 g/mol. The number of carbonyl (C=O) groups is 1. The minimum atomic E-state index is -0.388. The van der Waals surface area contributed by atoms with Crippen molar-refractivity contribution >= 4 is 52.3 Å². The second-order valence-electron chi connectivity index (χ2n) is 20.9. The number of aromatic hydroxyl groups is 3. The van der Waals surface area contributed by atoms with Crippen LogP contribution >= 0.6 is 0 Å². The molecule has 5 N–H and O–H groups in total. The first kappa shape index (κ1) is 60.3. The Morgan fingerprint density at radius 2 is 0.624 bits per heavy atom. The van der Waals surface area contributed by atoms with E-state index < -0.39 is 0 Å². The van der Waals surface area contributed by atoms with E-state index in [1.54, 1.807) is 48.5 Å². The molecular formula is C68H76N4O13. The van der Waals surface area contributed by atoms with Crippen molar-refractivity contribution in [2.45, 2.75) is 96.8 Å². The Labute approximate surface area is 495 Å². The number of rotatable bonds is 27. The lowest BCUT2D eigenvalue weighted by Crippen LogP contribution is -2.09. The molecule has 0 amide bonds. The third-order valence-electron chi connectivity index (χ3n) is 15.5. The Kier molecular flexibility index (Phi) is 19.8. The highest BCUT2D eigenvalue weighted by molar-refractivity contribution is 6.01. The Bertz CT molecular complexity index is 3640. The molecule has 3 aromatic heterocycles. The van der Waals surface area contributed by atoms with E-state index in [2.05, 4.69) is 16.9 Å². The summed E-state index contributed by atoms with van der Waals surface area (Å²) in [5.74, 6) is 0.789. The zero-order valence-corrected chi connectivity index (χ0v) is 50.0. The quantitative estimate of drug-likeness (QED) is 0.0184.